The number of phenolic OH excluding ortho intramolecular Hbond substituents is 2. The van der Waals surface area contributed by atoms with Crippen LogP contribution < -0.4 is 15.6 Å². The Hall–Kier alpha value is -3.79. The van der Waals surface area contributed by atoms with Crippen LogP contribution in [0.5, 0.6) is 23.0 Å². The number of allylic oxidation sites excluding steroid dienone is 1. The summed E-state index contributed by atoms with van der Waals surface area (Å²) < 4.78 is 12.0. The molecule has 1 spiro atoms. The number of nitrogens with zero attached hydrogens (tertiary/aromatic N) is 2. The quantitative estimate of drug-likeness (QED) is 0.272. The highest BCUT2D eigenvalue weighted by molar-refractivity contribution is 6.69. The van der Waals surface area contributed by atoms with E-state index >= 15 is 0 Å². The average Bonchev–Trinajstić information content (AvgIpc) is 3.05. The van der Waals surface area contributed by atoms with Gasteiger partial charge in [0.15, 0.2) is 10.8 Å². The molecular weight excluding hydrogens is 519 g/mol. The first-order chi connectivity index (χ1) is 16.3. The molecule has 0 saturated heterocycles. The molecule has 9 nitrogen and oxygen atoms in total. The fourth-order valence-electron chi connectivity index (χ4n) is 4.33. The minimum atomic E-state index is -1.37. The maximum Gasteiger partial charge on any atom is 0.340 e. The highest BCUT2D eigenvalue weighted by Gasteiger charge is 2.53. The largest absolute Gasteiger partial charge is 0.508 e. The molecule has 6 rings (SSSR count). The molecular formula is C23H15Cl3N4O5. The first-order valence-electron chi connectivity index (χ1n) is 10.0. The number of anilines is 1. The molecule has 3 aromatic carbocycles. The number of hydrazine groups is 2. The van der Waals surface area contributed by atoms with E-state index in [1.165, 1.54) is 35.6 Å². The van der Waals surface area contributed by atoms with Gasteiger partial charge in [0, 0.05) is 34.9 Å². The average molecular weight is 534 g/mol. The van der Waals surface area contributed by atoms with E-state index in [0.29, 0.717) is 39.4 Å². The smallest absolute Gasteiger partial charge is 0.340 e. The first-order valence-corrected chi connectivity index (χ1v) is 10.8. The molecule has 0 radical (unpaired) electrons. The molecule has 35 heavy (non-hydrogen) atoms. The summed E-state index contributed by atoms with van der Waals surface area (Å²) in [5.41, 5.74) is 6.94. The van der Waals surface area contributed by atoms with Gasteiger partial charge >= 0.3 is 5.97 Å². The lowest BCUT2D eigenvalue weighted by Gasteiger charge is -2.36. The second kappa shape index (κ2) is 8.16. The second-order valence-corrected chi connectivity index (χ2v) is 8.54. The number of carbonyl (C=O) groups is 1. The zero-order valence-corrected chi connectivity index (χ0v) is 19.8. The van der Waals surface area contributed by atoms with Crippen molar-refractivity contribution in [1.82, 2.24) is 10.7 Å². The summed E-state index contributed by atoms with van der Waals surface area (Å²) in [6.07, 6.45) is 1.45. The Morgan fingerprint density at radius 3 is 2.23 bits per heavy atom. The van der Waals surface area contributed by atoms with E-state index < -0.39 is 11.6 Å². The van der Waals surface area contributed by atoms with Gasteiger partial charge in [0.2, 0.25) is 0 Å². The summed E-state index contributed by atoms with van der Waals surface area (Å²) in [6.45, 7) is 0. The van der Waals surface area contributed by atoms with Crippen molar-refractivity contribution in [2.75, 3.05) is 5.43 Å². The molecule has 3 heterocycles. The van der Waals surface area contributed by atoms with Crippen LogP contribution in [0.15, 0.2) is 70.9 Å². The van der Waals surface area contributed by atoms with Crippen molar-refractivity contribution in [3.8, 4) is 23.0 Å². The van der Waals surface area contributed by atoms with Crippen LogP contribution in [0.4, 0.5) is 5.69 Å². The Balaban J connectivity index is 0.00000253. The van der Waals surface area contributed by atoms with Gasteiger partial charge in [-0.15, -0.1) is 22.7 Å². The molecule has 0 unspecified atom stereocenters. The SMILES string of the molecule is Cl.O=C1OC2(c3ccc(O)cc3Oc3cc(O)ccc32)c2cc(NN3N=C(Cl)C=C(Cl)N3)ccc21. The number of aromatic hydroxyl groups is 2. The van der Waals surface area contributed by atoms with Crippen LogP contribution in [-0.4, -0.2) is 26.6 Å². The van der Waals surface area contributed by atoms with Crippen molar-refractivity contribution in [2.24, 2.45) is 5.10 Å². The number of phenols is 2. The Bertz CT molecular complexity index is 1410. The molecule has 3 aliphatic rings. The summed E-state index contributed by atoms with van der Waals surface area (Å²) in [5.74, 6) is 0.0255. The third-order valence-corrected chi connectivity index (χ3v) is 6.04. The second-order valence-electron chi connectivity index (χ2n) is 7.74. The van der Waals surface area contributed by atoms with E-state index in [0.717, 1.165) is 0 Å². The number of benzene rings is 3. The van der Waals surface area contributed by atoms with Crippen molar-refractivity contribution in [3.05, 3.63) is 88.1 Å². The van der Waals surface area contributed by atoms with E-state index in [-0.39, 0.29) is 34.2 Å². The molecule has 178 valence electrons. The van der Waals surface area contributed by atoms with Crippen LogP contribution in [0.3, 0.4) is 0 Å². The number of esters is 1. The summed E-state index contributed by atoms with van der Waals surface area (Å²) in [7, 11) is 0. The van der Waals surface area contributed by atoms with Crippen molar-refractivity contribution < 1.29 is 24.5 Å². The third-order valence-electron chi connectivity index (χ3n) is 5.66. The van der Waals surface area contributed by atoms with E-state index in [2.05, 4.69) is 16.0 Å². The van der Waals surface area contributed by atoms with Gasteiger partial charge in [0.05, 0.1) is 11.3 Å². The van der Waals surface area contributed by atoms with E-state index in [9.17, 15) is 15.0 Å². The molecule has 0 aliphatic carbocycles. The predicted molar refractivity (Wildman–Crippen MR) is 131 cm³/mol. The number of fused-ring (bicyclic) bond motifs is 6. The minimum Gasteiger partial charge on any atom is -0.508 e. The van der Waals surface area contributed by atoms with Gasteiger partial charge in [-0.05, 0) is 42.5 Å². The highest BCUT2D eigenvalue weighted by Crippen LogP contribution is 2.57. The van der Waals surface area contributed by atoms with Crippen molar-refractivity contribution >= 4 is 52.4 Å². The molecule has 3 aliphatic heterocycles. The fourth-order valence-corrected chi connectivity index (χ4v) is 4.75. The normalized spacial score (nSPS) is 16.4. The minimum absolute atomic E-state index is 0. The van der Waals surface area contributed by atoms with Gasteiger partial charge in [-0.2, -0.15) is 0 Å². The number of hydrogen-bond acceptors (Lipinski definition) is 9. The number of hydrazone groups is 1. The zero-order valence-electron chi connectivity index (χ0n) is 17.5. The Labute approximate surface area is 214 Å². The monoisotopic (exact) mass is 532 g/mol. The number of nitrogens with one attached hydrogen (secondary N) is 2. The highest BCUT2D eigenvalue weighted by atomic mass is 35.5. The Kier molecular flexibility index (Phi) is 5.36. The summed E-state index contributed by atoms with van der Waals surface area (Å²) in [6, 6.07) is 14.2. The van der Waals surface area contributed by atoms with Crippen LogP contribution in [0.25, 0.3) is 0 Å². The molecule has 0 atom stereocenters. The number of carbonyl (C=O) groups excluding carboxylic acids is 1. The van der Waals surface area contributed by atoms with Crippen molar-refractivity contribution in [3.63, 3.8) is 0 Å². The molecule has 4 N–H and O–H groups in total. The van der Waals surface area contributed by atoms with Crippen molar-refractivity contribution in [1.29, 1.82) is 0 Å². The van der Waals surface area contributed by atoms with Gasteiger partial charge in [-0.1, -0.05) is 23.2 Å². The maximum atomic E-state index is 13.0. The Morgan fingerprint density at radius 2 is 1.60 bits per heavy atom. The molecule has 3 aromatic rings. The molecule has 0 fully saturated rings. The van der Waals surface area contributed by atoms with Crippen LogP contribution >= 0.6 is 35.6 Å². The van der Waals surface area contributed by atoms with Crippen LogP contribution in [0, 0.1) is 0 Å². The van der Waals surface area contributed by atoms with E-state index in [1.54, 1.807) is 30.3 Å². The van der Waals surface area contributed by atoms with Gasteiger partial charge in [0.1, 0.15) is 28.2 Å². The zero-order chi connectivity index (χ0) is 23.6. The number of rotatable bonds is 2. The van der Waals surface area contributed by atoms with Crippen LogP contribution in [0.2, 0.25) is 0 Å². The van der Waals surface area contributed by atoms with Crippen LogP contribution in [-0.2, 0) is 10.3 Å². The number of ether oxygens (including phenoxy) is 2. The molecule has 0 aromatic heterocycles. The first kappa shape index (κ1) is 23.0. The lowest BCUT2D eigenvalue weighted by molar-refractivity contribution is 0.0224. The number of halogens is 3. The molecule has 0 amide bonds. The van der Waals surface area contributed by atoms with E-state index in [4.69, 9.17) is 32.7 Å². The van der Waals surface area contributed by atoms with Gasteiger partial charge in [-0.3, -0.25) is 10.9 Å². The maximum absolute atomic E-state index is 13.0. The fraction of sp³-hybridized carbons (Fsp3) is 0.0435. The standard InChI is InChI=1S/C23H14Cl2N4O5.ClH/c24-20-10-21(25)28-29(27-20)26-11-1-4-14-17(7-11)23(34-22(14)32)15-5-2-12(30)8-18(15)33-19-9-13(31)3-6-16(19)23;/h1-10,26-27,30-31H;1H. The summed E-state index contributed by atoms with van der Waals surface area (Å²) >= 11 is 12.0. The van der Waals surface area contributed by atoms with Crippen molar-refractivity contribution in [2.45, 2.75) is 5.60 Å². The molecule has 12 heteroatoms. The van der Waals surface area contributed by atoms with Gasteiger partial charge < -0.3 is 19.7 Å². The Morgan fingerprint density at radius 1 is 0.943 bits per heavy atom. The summed E-state index contributed by atoms with van der Waals surface area (Å²) in [5, 5.41) is 25.8. The molecule has 0 saturated carbocycles. The van der Waals surface area contributed by atoms with E-state index in [1.807, 2.05) is 0 Å². The topological polar surface area (TPSA) is 116 Å². The van der Waals surface area contributed by atoms with Crippen LogP contribution in [0.1, 0.15) is 27.0 Å². The van der Waals surface area contributed by atoms with Gasteiger partial charge in [-0.25, -0.2) is 4.79 Å². The lowest BCUT2D eigenvalue weighted by Crippen LogP contribution is -2.39. The van der Waals surface area contributed by atoms with Gasteiger partial charge in [0.25, 0.3) is 0 Å². The predicted octanol–water partition coefficient (Wildman–Crippen LogP) is 4.87. The number of hydrogen-bond donors (Lipinski definition) is 4. The lowest BCUT2D eigenvalue weighted by atomic mass is 9.77. The molecule has 0 bridgehead atoms. The summed E-state index contributed by atoms with van der Waals surface area (Å²) in [4.78, 5) is 13.0. The third kappa shape index (κ3) is 3.56.